The van der Waals surface area contributed by atoms with Crippen LogP contribution in [-0.4, -0.2) is 28.1 Å². The maximum atomic E-state index is 11.9. The number of ketones is 1. The minimum Gasteiger partial charge on any atom is -0.481 e. The van der Waals surface area contributed by atoms with Gasteiger partial charge in [-0.1, -0.05) is 52.0 Å². The van der Waals surface area contributed by atoms with Gasteiger partial charge in [-0.3, -0.25) is 9.59 Å². The lowest BCUT2D eigenvalue weighted by molar-refractivity contribution is -0.142. The molecule has 36 heavy (non-hydrogen) atoms. The van der Waals surface area contributed by atoms with E-state index in [9.17, 15) is 14.7 Å². The van der Waals surface area contributed by atoms with Crippen LogP contribution in [0.25, 0.3) is 0 Å². The SMILES string of the molecule is CC(C)Cc1ccc(C(C)C(=O)O)cc1.C[C@]12CCC(=O)C[C@@H]1CC[C@@H]1[C@@H]2CC[C@]2(C)[C@@H](O)CC[C@@H]12. The van der Waals surface area contributed by atoms with Crippen molar-refractivity contribution in [3.8, 4) is 0 Å². The molecule has 1 unspecified atom stereocenters. The van der Waals surface area contributed by atoms with Gasteiger partial charge < -0.3 is 10.2 Å². The van der Waals surface area contributed by atoms with Gasteiger partial charge in [0.05, 0.1) is 12.0 Å². The lowest BCUT2D eigenvalue weighted by Crippen LogP contribution is -2.54. The number of hydrogen-bond donors (Lipinski definition) is 2. The van der Waals surface area contributed by atoms with Crippen molar-refractivity contribution >= 4 is 11.8 Å². The number of fused-ring (bicyclic) bond motifs is 5. The van der Waals surface area contributed by atoms with Crippen LogP contribution in [-0.2, 0) is 16.0 Å². The average Bonchev–Trinajstić information content (AvgIpc) is 3.14. The third-order valence-corrected chi connectivity index (χ3v) is 10.9. The maximum Gasteiger partial charge on any atom is 0.310 e. The molecule has 0 heterocycles. The Bertz CT molecular complexity index is 936. The zero-order valence-electron chi connectivity index (χ0n) is 23.1. The number of Topliss-reactive ketones (excluding diaryl/α,β-unsaturated/α-hetero) is 1. The lowest BCUT2D eigenvalue weighted by Gasteiger charge is -2.60. The number of benzene rings is 1. The summed E-state index contributed by atoms with van der Waals surface area (Å²) < 4.78 is 0. The predicted octanol–water partition coefficient (Wildman–Crippen LogP) is 7.03. The van der Waals surface area contributed by atoms with Crippen molar-refractivity contribution < 1.29 is 19.8 Å². The second kappa shape index (κ2) is 10.6. The van der Waals surface area contributed by atoms with Gasteiger partial charge in [-0.15, -0.1) is 0 Å². The van der Waals surface area contributed by atoms with Crippen LogP contribution in [0.2, 0.25) is 0 Å². The number of carboxylic acids is 1. The predicted molar refractivity (Wildman–Crippen MR) is 144 cm³/mol. The number of aliphatic carboxylic acids is 1. The number of carbonyl (C=O) groups is 2. The molecule has 0 amide bonds. The third-order valence-electron chi connectivity index (χ3n) is 10.9. The number of aliphatic hydroxyl groups excluding tert-OH is 1. The lowest BCUT2D eigenvalue weighted by atomic mass is 9.45. The molecule has 0 aromatic heterocycles. The molecule has 4 aliphatic carbocycles. The molecule has 4 fully saturated rings. The van der Waals surface area contributed by atoms with E-state index in [0.717, 1.165) is 55.4 Å². The monoisotopic (exact) mass is 496 g/mol. The Labute approximate surface area is 218 Å². The molecule has 0 radical (unpaired) electrons. The van der Waals surface area contributed by atoms with Crippen molar-refractivity contribution in [2.75, 3.05) is 0 Å². The number of rotatable bonds is 4. The quantitative estimate of drug-likeness (QED) is 0.469. The zero-order valence-corrected chi connectivity index (χ0v) is 23.1. The van der Waals surface area contributed by atoms with E-state index in [2.05, 4.69) is 27.7 Å². The summed E-state index contributed by atoms with van der Waals surface area (Å²) in [4.78, 5) is 22.6. The van der Waals surface area contributed by atoms with Crippen molar-refractivity contribution in [1.82, 2.24) is 0 Å². The average molecular weight is 497 g/mol. The second-order valence-corrected chi connectivity index (χ2v) is 13.4. The number of hydrogen-bond acceptors (Lipinski definition) is 3. The van der Waals surface area contributed by atoms with Gasteiger partial charge in [0, 0.05) is 12.8 Å². The van der Waals surface area contributed by atoms with E-state index >= 15 is 0 Å². The molecule has 0 aliphatic heterocycles. The normalized spacial score (nSPS) is 38.3. The van der Waals surface area contributed by atoms with Gasteiger partial charge in [0.2, 0.25) is 0 Å². The first kappa shape index (κ1) is 27.4. The number of aliphatic hydroxyl groups is 1. The molecule has 0 spiro atoms. The second-order valence-electron chi connectivity index (χ2n) is 13.4. The molecular weight excluding hydrogens is 448 g/mol. The summed E-state index contributed by atoms with van der Waals surface area (Å²) in [5, 5.41) is 19.3. The van der Waals surface area contributed by atoms with Gasteiger partial charge in [0.25, 0.3) is 0 Å². The fourth-order valence-corrected chi connectivity index (χ4v) is 8.57. The number of carbonyl (C=O) groups excluding carboxylic acids is 1. The van der Waals surface area contributed by atoms with Crippen LogP contribution in [0.4, 0.5) is 0 Å². The fraction of sp³-hybridized carbons (Fsp3) is 0.750. The molecule has 4 aliphatic rings. The maximum absolute atomic E-state index is 11.9. The summed E-state index contributed by atoms with van der Waals surface area (Å²) in [7, 11) is 0. The molecule has 200 valence electrons. The molecule has 4 saturated carbocycles. The summed E-state index contributed by atoms with van der Waals surface area (Å²) in [6, 6.07) is 7.87. The number of carboxylic acid groups (broad SMARTS) is 1. The van der Waals surface area contributed by atoms with E-state index in [1.165, 1.54) is 37.7 Å². The first-order valence-electron chi connectivity index (χ1n) is 14.5. The smallest absolute Gasteiger partial charge is 0.310 e. The fourth-order valence-electron chi connectivity index (χ4n) is 8.57. The minimum absolute atomic E-state index is 0.0677. The van der Waals surface area contributed by atoms with Crippen molar-refractivity contribution in [1.29, 1.82) is 0 Å². The molecule has 1 aromatic carbocycles. The topological polar surface area (TPSA) is 74.6 Å². The largest absolute Gasteiger partial charge is 0.481 e. The Hall–Kier alpha value is -1.68. The van der Waals surface area contributed by atoms with Crippen LogP contribution in [0.5, 0.6) is 0 Å². The van der Waals surface area contributed by atoms with Gasteiger partial charge in [-0.25, -0.2) is 0 Å². The van der Waals surface area contributed by atoms with E-state index in [-0.39, 0.29) is 11.5 Å². The molecule has 4 heteroatoms. The van der Waals surface area contributed by atoms with Crippen LogP contribution in [0.3, 0.4) is 0 Å². The first-order chi connectivity index (χ1) is 17.0. The van der Waals surface area contributed by atoms with E-state index < -0.39 is 11.9 Å². The molecule has 1 aromatic rings. The van der Waals surface area contributed by atoms with E-state index in [4.69, 9.17) is 5.11 Å². The molecule has 0 bridgehead atoms. The Kier molecular flexibility index (Phi) is 8.05. The van der Waals surface area contributed by atoms with E-state index in [0.29, 0.717) is 23.0 Å². The highest BCUT2D eigenvalue weighted by atomic mass is 16.4. The molecule has 0 saturated heterocycles. The van der Waals surface area contributed by atoms with Crippen LogP contribution in [0.1, 0.15) is 109 Å². The summed E-state index contributed by atoms with van der Waals surface area (Å²) in [5.74, 6) is 2.96. The van der Waals surface area contributed by atoms with Crippen molar-refractivity contribution in [3.05, 3.63) is 35.4 Å². The van der Waals surface area contributed by atoms with Gasteiger partial charge in [-0.2, -0.15) is 0 Å². The van der Waals surface area contributed by atoms with Gasteiger partial charge in [0.1, 0.15) is 5.78 Å². The van der Waals surface area contributed by atoms with Crippen molar-refractivity contribution in [2.45, 2.75) is 111 Å². The summed E-state index contributed by atoms with van der Waals surface area (Å²) in [6.07, 6.45) is 11.1. The summed E-state index contributed by atoms with van der Waals surface area (Å²) in [5.41, 5.74) is 2.74. The van der Waals surface area contributed by atoms with Crippen LogP contribution < -0.4 is 0 Å². The van der Waals surface area contributed by atoms with Gasteiger partial charge in [0.15, 0.2) is 0 Å². The summed E-state index contributed by atoms with van der Waals surface area (Å²) in [6.45, 7) is 10.9. The molecule has 4 nitrogen and oxygen atoms in total. The Morgan fingerprint density at radius 3 is 2.25 bits per heavy atom. The molecule has 2 N–H and O–H groups in total. The highest BCUT2D eigenvalue weighted by molar-refractivity contribution is 5.79. The highest BCUT2D eigenvalue weighted by Gasteiger charge is 2.59. The Morgan fingerprint density at radius 2 is 1.61 bits per heavy atom. The van der Waals surface area contributed by atoms with Crippen LogP contribution in [0, 0.1) is 40.4 Å². The Morgan fingerprint density at radius 1 is 0.944 bits per heavy atom. The summed E-state index contributed by atoms with van der Waals surface area (Å²) >= 11 is 0. The Balaban J connectivity index is 0.000000181. The van der Waals surface area contributed by atoms with Crippen LogP contribution >= 0.6 is 0 Å². The molecule has 5 rings (SSSR count). The van der Waals surface area contributed by atoms with Gasteiger partial charge in [-0.05, 0) is 110 Å². The molecule has 8 atom stereocenters. The standard InChI is InChI=1S/C19H30O2.C13H18O2/c1-18-9-7-13(20)11-12(18)3-4-14-15-5-6-17(21)19(15,2)10-8-16(14)18;1-9(2)8-11-4-6-12(7-5-11)10(3)13(14)15/h12,14-17,21H,3-11H2,1-2H3;4-7,9-10H,8H2,1-3H3,(H,14,15)/t12-,14-,15-,16-,17-,18-,19-;/m0./s1. The third kappa shape index (κ3) is 5.17. The van der Waals surface area contributed by atoms with Crippen LogP contribution in [0.15, 0.2) is 24.3 Å². The zero-order chi connectivity index (χ0) is 26.3. The van der Waals surface area contributed by atoms with Crippen molar-refractivity contribution in [2.24, 2.45) is 40.4 Å². The van der Waals surface area contributed by atoms with E-state index in [1.807, 2.05) is 24.3 Å². The highest BCUT2D eigenvalue weighted by Crippen LogP contribution is 2.65. The minimum atomic E-state index is -0.772. The van der Waals surface area contributed by atoms with E-state index in [1.54, 1.807) is 6.92 Å². The van der Waals surface area contributed by atoms with Crippen molar-refractivity contribution in [3.63, 3.8) is 0 Å². The first-order valence-corrected chi connectivity index (χ1v) is 14.5. The van der Waals surface area contributed by atoms with Gasteiger partial charge >= 0.3 is 5.97 Å². The molecular formula is C32H48O4.